The van der Waals surface area contributed by atoms with Gasteiger partial charge >= 0.3 is 0 Å². The van der Waals surface area contributed by atoms with E-state index in [9.17, 15) is 0 Å². The summed E-state index contributed by atoms with van der Waals surface area (Å²) in [5.41, 5.74) is 4.08. The van der Waals surface area contributed by atoms with Crippen molar-refractivity contribution in [1.82, 2.24) is 9.97 Å². The molecule has 0 atom stereocenters. The van der Waals surface area contributed by atoms with Crippen molar-refractivity contribution >= 4 is 0 Å². The van der Waals surface area contributed by atoms with E-state index >= 15 is 0 Å². The molecule has 0 aromatic carbocycles. The van der Waals surface area contributed by atoms with Crippen molar-refractivity contribution in [3.63, 3.8) is 0 Å². The molecular weight excluding hydrogens is 332 g/mol. The molecule has 0 spiro atoms. The lowest BCUT2D eigenvalue weighted by Crippen LogP contribution is -2.08. The lowest BCUT2D eigenvalue weighted by atomic mass is 10.0. The number of rotatable bonds is 13. The molecule has 142 valence electrons. The van der Waals surface area contributed by atoms with Gasteiger partial charge in [-0.05, 0) is 36.1 Å². The zero-order valence-corrected chi connectivity index (χ0v) is 15.6. The van der Waals surface area contributed by atoms with Crippen molar-refractivity contribution in [2.24, 2.45) is 0 Å². The Morgan fingerprint density at radius 3 is 1.54 bits per heavy atom. The summed E-state index contributed by atoms with van der Waals surface area (Å²) in [6, 6.07) is 8.06. The van der Waals surface area contributed by atoms with E-state index in [1.165, 1.54) is 0 Å². The first-order chi connectivity index (χ1) is 12.9. The zero-order valence-electron chi connectivity index (χ0n) is 15.6. The Balaban J connectivity index is 2.03. The van der Waals surface area contributed by atoms with Gasteiger partial charge in [0.2, 0.25) is 0 Å². The Morgan fingerprint density at radius 1 is 0.654 bits per heavy atom. The van der Waals surface area contributed by atoms with Crippen LogP contribution in [0.1, 0.15) is 11.1 Å². The average molecular weight is 360 g/mol. The second-order valence-electron chi connectivity index (χ2n) is 5.73. The van der Waals surface area contributed by atoms with E-state index in [1.54, 1.807) is 26.6 Å². The van der Waals surface area contributed by atoms with Crippen molar-refractivity contribution in [3.8, 4) is 11.4 Å². The van der Waals surface area contributed by atoms with Gasteiger partial charge in [0, 0.05) is 26.6 Å². The van der Waals surface area contributed by atoms with Crippen molar-refractivity contribution in [1.29, 1.82) is 0 Å². The van der Waals surface area contributed by atoms with Gasteiger partial charge in [0.1, 0.15) is 0 Å². The molecule has 0 bridgehead atoms. The highest BCUT2D eigenvalue weighted by Crippen LogP contribution is 2.23. The molecule has 2 rings (SSSR count). The lowest BCUT2D eigenvalue weighted by molar-refractivity contribution is 0.0721. The number of hydrogen-bond donors (Lipinski definition) is 0. The number of methoxy groups -OCH3 is 2. The molecule has 0 unspecified atom stereocenters. The van der Waals surface area contributed by atoms with Crippen molar-refractivity contribution in [2.45, 2.75) is 12.8 Å². The molecule has 0 saturated carbocycles. The topological polar surface area (TPSA) is 62.7 Å². The van der Waals surface area contributed by atoms with Gasteiger partial charge in [-0.1, -0.05) is 12.1 Å². The van der Waals surface area contributed by atoms with Crippen LogP contribution in [0, 0.1) is 0 Å². The SMILES string of the molecule is COCCOCCc1cccnc1-c1ncccc1CCOCCOC. The van der Waals surface area contributed by atoms with E-state index < -0.39 is 0 Å². The smallest absolute Gasteiger partial charge is 0.0921 e. The minimum Gasteiger partial charge on any atom is -0.382 e. The van der Waals surface area contributed by atoms with Crippen LogP contribution in [0.25, 0.3) is 11.4 Å². The Hall–Kier alpha value is -1.86. The van der Waals surface area contributed by atoms with Gasteiger partial charge < -0.3 is 18.9 Å². The molecule has 0 fully saturated rings. The van der Waals surface area contributed by atoms with E-state index in [2.05, 4.69) is 22.1 Å². The van der Waals surface area contributed by atoms with Crippen LogP contribution in [0.3, 0.4) is 0 Å². The van der Waals surface area contributed by atoms with Crippen LogP contribution < -0.4 is 0 Å². The normalized spacial score (nSPS) is 11.0. The molecule has 6 nitrogen and oxygen atoms in total. The van der Waals surface area contributed by atoms with Crippen molar-refractivity contribution in [3.05, 3.63) is 47.8 Å². The van der Waals surface area contributed by atoms with Crippen LogP contribution in [0.4, 0.5) is 0 Å². The molecule has 2 aromatic heterocycles. The number of pyridine rings is 2. The van der Waals surface area contributed by atoms with Gasteiger partial charge in [0.15, 0.2) is 0 Å². The fourth-order valence-electron chi connectivity index (χ4n) is 2.56. The van der Waals surface area contributed by atoms with E-state index in [1.807, 2.05) is 12.1 Å². The minimum absolute atomic E-state index is 0.597. The summed E-state index contributed by atoms with van der Waals surface area (Å²) in [7, 11) is 3.34. The van der Waals surface area contributed by atoms with E-state index in [4.69, 9.17) is 18.9 Å². The molecular formula is C20H28N2O4. The van der Waals surface area contributed by atoms with E-state index in [0.717, 1.165) is 35.4 Å². The van der Waals surface area contributed by atoms with E-state index in [0.29, 0.717) is 39.6 Å². The Morgan fingerprint density at radius 2 is 1.12 bits per heavy atom. The minimum atomic E-state index is 0.597. The molecule has 0 aliphatic rings. The second kappa shape index (κ2) is 12.5. The Bertz CT molecular complexity index is 581. The highest BCUT2D eigenvalue weighted by atomic mass is 16.5. The first kappa shape index (κ1) is 20.5. The quantitative estimate of drug-likeness (QED) is 0.512. The number of aromatic nitrogens is 2. The average Bonchev–Trinajstić information content (AvgIpc) is 2.68. The molecule has 0 aliphatic carbocycles. The van der Waals surface area contributed by atoms with Gasteiger partial charge in [-0.15, -0.1) is 0 Å². The highest BCUT2D eigenvalue weighted by molar-refractivity contribution is 5.62. The number of ether oxygens (including phenoxy) is 4. The summed E-state index contributed by atoms with van der Waals surface area (Å²) in [5.74, 6) is 0. The molecule has 0 radical (unpaired) electrons. The summed E-state index contributed by atoms with van der Waals surface area (Å²) in [5, 5.41) is 0. The summed E-state index contributed by atoms with van der Waals surface area (Å²) in [6.45, 7) is 3.66. The highest BCUT2D eigenvalue weighted by Gasteiger charge is 2.12. The van der Waals surface area contributed by atoms with Crippen molar-refractivity contribution < 1.29 is 18.9 Å². The Labute approximate surface area is 155 Å². The number of nitrogens with zero attached hydrogens (tertiary/aromatic N) is 2. The molecule has 0 aliphatic heterocycles. The molecule has 2 heterocycles. The standard InChI is InChI=1S/C20H28N2O4/c1-23-13-15-25-11-7-17-5-3-9-21-19(17)20-18(6-4-10-22-20)8-12-26-16-14-24-2/h3-6,9-10H,7-8,11-16H2,1-2H3. The maximum atomic E-state index is 5.60. The first-order valence-corrected chi connectivity index (χ1v) is 8.88. The first-order valence-electron chi connectivity index (χ1n) is 8.88. The van der Waals surface area contributed by atoms with Crippen LogP contribution in [0.5, 0.6) is 0 Å². The van der Waals surface area contributed by atoms with Crippen LogP contribution >= 0.6 is 0 Å². The van der Waals surface area contributed by atoms with Gasteiger partial charge in [0.25, 0.3) is 0 Å². The predicted molar refractivity (Wildman–Crippen MR) is 100 cm³/mol. The van der Waals surface area contributed by atoms with Gasteiger partial charge in [-0.25, -0.2) is 0 Å². The predicted octanol–water partition coefficient (Wildman–Crippen LogP) is 2.55. The maximum absolute atomic E-state index is 5.60. The third-order valence-corrected chi connectivity index (χ3v) is 3.90. The monoisotopic (exact) mass is 360 g/mol. The third-order valence-electron chi connectivity index (χ3n) is 3.90. The largest absolute Gasteiger partial charge is 0.382 e. The zero-order chi connectivity index (χ0) is 18.5. The second-order valence-corrected chi connectivity index (χ2v) is 5.73. The fourth-order valence-corrected chi connectivity index (χ4v) is 2.56. The van der Waals surface area contributed by atoms with Crippen LogP contribution in [-0.4, -0.2) is 63.8 Å². The van der Waals surface area contributed by atoms with Crippen LogP contribution in [-0.2, 0) is 31.8 Å². The summed E-state index contributed by atoms with van der Waals surface area (Å²) in [6.07, 6.45) is 5.18. The van der Waals surface area contributed by atoms with Gasteiger partial charge in [-0.3, -0.25) is 9.97 Å². The van der Waals surface area contributed by atoms with Crippen LogP contribution in [0.15, 0.2) is 36.7 Å². The molecule has 0 saturated heterocycles. The van der Waals surface area contributed by atoms with Crippen LogP contribution in [0.2, 0.25) is 0 Å². The van der Waals surface area contributed by atoms with Gasteiger partial charge in [-0.2, -0.15) is 0 Å². The number of hydrogen-bond acceptors (Lipinski definition) is 6. The summed E-state index contributed by atoms with van der Waals surface area (Å²) in [4.78, 5) is 9.16. The molecule has 0 N–H and O–H groups in total. The van der Waals surface area contributed by atoms with Crippen molar-refractivity contribution in [2.75, 3.05) is 53.9 Å². The summed E-state index contributed by atoms with van der Waals surface area (Å²) >= 11 is 0. The maximum Gasteiger partial charge on any atom is 0.0921 e. The fraction of sp³-hybridized carbons (Fsp3) is 0.500. The van der Waals surface area contributed by atoms with E-state index in [-0.39, 0.29) is 0 Å². The Kier molecular flexibility index (Phi) is 9.82. The summed E-state index contributed by atoms with van der Waals surface area (Å²) < 4.78 is 21.2. The lowest BCUT2D eigenvalue weighted by Gasteiger charge is -2.12. The molecule has 26 heavy (non-hydrogen) atoms. The molecule has 6 heteroatoms. The molecule has 2 aromatic rings. The van der Waals surface area contributed by atoms with Gasteiger partial charge in [0.05, 0.1) is 51.0 Å². The third kappa shape index (κ3) is 6.80. The molecule has 0 amide bonds.